The molecule has 0 saturated heterocycles. The summed E-state index contributed by atoms with van der Waals surface area (Å²) in [5.41, 5.74) is 1.33. The fourth-order valence-electron chi connectivity index (χ4n) is 2.35. The average molecular weight is 265 g/mol. The maximum absolute atomic E-state index is 12.7. The number of fused-ring (bicyclic) bond motifs is 1. The SMILES string of the molecule is CCCn1ccnc1C(=O)c1cccc2cccnc12. The Bertz CT molecular complexity index is 756. The molecule has 20 heavy (non-hydrogen) atoms. The predicted molar refractivity (Wildman–Crippen MR) is 77.7 cm³/mol. The summed E-state index contributed by atoms with van der Waals surface area (Å²) in [4.78, 5) is 21.2. The van der Waals surface area contributed by atoms with Crippen molar-refractivity contribution in [2.75, 3.05) is 0 Å². The summed E-state index contributed by atoms with van der Waals surface area (Å²) in [6.45, 7) is 2.87. The first-order valence-electron chi connectivity index (χ1n) is 6.71. The van der Waals surface area contributed by atoms with E-state index in [2.05, 4.69) is 16.9 Å². The van der Waals surface area contributed by atoms with Gasteiger partial charge in [-0.15, -0.1) is 0 Å². The summed E-state index contributed by atoms with van der Waals surface area (Å²) in [5, 5.41) is 0.965. The second kappa shape index (κ2) is 5.25. The monoisotopic (exact) mass is 265 g/mol. The van der Waals surface area contributed by atoms with E-state index in [1.807, 2.05) is 41.1 Å². The van der Waals surface area contributed by atoms with Crippen molar-refractivity contribution >= 4 is 16.7 Å². The Hall–Kier alpha value is -2.49. The first-order valence-corrected chi connectivity index (χ1v) is 6.71. The smallest absolute Gasteiger partial charge is 0.230 e. The van der Waals surface area contributed by atoms with E-state index in [0.717, 1.165) is 23.9 Å². The molecule has 0 atom stereocenters. The summed E-state index contributed by atoms with van der Waals surface area (Å²) < 4.78 is 1.89. The third-order valence-electron chi connectivity index (χ3n) is 3.26. The molecule has 0 fully saturated rings. The van der Waals surface area contributed by atoms with Gasteiger partial charge in [-0.05, 0) is 18.6 Å². The van der Waals surface area contributed by atoms with Crippen molar-refractivity contribution in [2.45, 2.75) is 19.9 Å². The second-order valence-electron chi connectivity index (χ2n) is 4.65. The van der Waals surface area contributed by atoms with Gasteiger partial charge < -0.3 is 4.57 Å². The van der Waals surface area contributed by atoms with E-state index < -0.39 is 0 Å². The Morgan fingerprint density at radius 3 is 2.85 bits per heavy atom. The van der Waals surface area contributed by atoms with Crippen LogP contribution in [-0.2, 0) is 6.54 Å². The van der Waals surface area contributed by atoms with Gasteiger partial charge in [0.2, 0.25) is 5.78 Å². The number of carbonyl (C=O) groups is 1. The van der Waals surface area contributed by atoms with Crippen LogP contribution in [-0.4, -0.2) is 20.3 Å². The number of rotatable bonds is 4. The Labute approximate surface area is 117 Å². The lowest BCUT2D eigenvalue weighted by Gasteiger charge is -2.07. The Balaban J connectivity index is 2.11. The van der Waals surface area contributed by atoms with Crippen LogP contribution in [0.4, 0.5) is 0 Å². The number of pyridine rings is 1. The van der Waals surface area contributed by atoms with E-state index >= 15 is 0 Å². The van der Waals surface area contributed by atoms with Gasteiger partial charge in [0.05, 0.1) is 11.1 Å². The molecule has 0 N–H and O–H groups in total. The molecule has 0 aliphatic heterocycles. The minimum absolute atomic E-state index is 0.0762. The van der Waals surface area contributed by atoms with Crippen molar-refractivity contribution in [3.8, 4) is 0 Å². The van der Waals surface area contributed by atoms with Gasteiger partial charge in [-0.2, -0.15) is 0 Å². The number of imidazole rings is 1. The van der Waals surface area contributed by atoms with Gasteiger partial charge in [0.25, 0.3) is 0 Å². The molecule has 0 spiro atoms. The van der Waals surface area contributed by atoms with Crippen molar-refractivity contribution < 1.29 is 4.79 Å². The van der Waals surface area contributed by atoms with Gasteiger partial charge in [-0.1, -0.05) is 25.1 Å². The minimum Gasteiger partial charge on any atom is -0.328 e. The van der Waals surface area contributed by atoms with E-state index in [0.29, 0.717) is 11.4 Å². The molecule has 0 aliphatic rings. The first kappa shape index (κ1) is 12.5. The minimum atomic E-state index is -0.0762. The number of hydrogen-bond donors (Lipinski definition) is 0. The van der Waals surface area contributed by atoms with Crippen LogP contribution in [0.15, 0.2) is 48.9 Å². The van der Waals surface area contributed by atoms with E-state index in [4.69, 9.17) is 0 Å². The van der Waals surface area contributed by atoms with Crippen LogP contribution >= 0.6 is 0 Å². The summed E-state index contributed by atoms with van der Waals surface area (Å²) in [5.74, 6) is 0.401. The van der Waals surface area contributed by atoms with Crippen molar-refractivity contribution in [2.24, 2.45) is 0 Å². The standard InChI is InChI=1S/C16H15N3O/c1-2-10-19-11-9-18-16(19)15(20)13-7-3-5-12-6-4-8-17-14(12)13/h3-9,11H,2,10H2,1H3. The molecule has 4 heteroatoms. The van der Waals surface area contributed by atoms with Gasteiger partial charge in [0.1, 0.15) is 0 Å². The highest BCUT2D eigenvalue weighted by Gasteiger charge is 2.17. The van der Waals surface area contributed by atoms with Crippen LogP contribution in [0.2, 0.25) is 0 Å². The topological polar surface area (TPSA) is 47.8 Å². The molecule has 2 heterocycles. The number of nitrogens with zero attached hydrogens (tertiary/aromatic N) is 3. The van der Waals surface area contributed by atoms with Crippen molar-refractivity contribution in [3.05, 3.63) is 60.3 Å². The molecule has 0 unspecified atom stereocenters. The van der Waals surface area contributed by atoms with Crippen LogP contribution < -0.4 is 0 Å². The Kier molecular flexibility index (Phi) is 3.29. The number of hydrogen-bond acceptors (Lipinski definition) is 3. The van der Waals surface area contributed by atoms with E-state index in [-0.39, 0.29) is 5.78 Å². The fraction of sp³-hybridized carbons (Fsp3) is 0.188. The molecule has 0 radical (unpaired) electrons. The summed E-state index contributed by atoms with van der Waals surface area (Å²) in [7, 11) is 0. The second-order valence-corrected chi connectivity index (χ2v) is 4.65. The Morgan fingerprint density at radius 1 is 1.15 bits per heavy atom. The predicted octanol–water partition coefficient (Wildman–Crippen LogP) is 3.07. The first-order chi connectivity index (χ1) is 9.81. The van der Waals surface area contributed by atoms with Crippen LogP contribution in [0.25, 0.3) is 10.9 Å². The van der Waals surface area contributed by atoms with Crippen molar-refractivity contribution in [3.63, 3.8) is 0 Å². The molecule has 100 valence electrons. The lowest BCUT2D eigenvalue weighted by atomic mass is 10.1. The third-order valence-corrected chi connectivity index (χ3v) is 3.26. The van der Waals surface area contributed by atoms with E-state index in [1.54, 1.807) is 12.4 Å². The molecule has 0 bridgehead atoms. The zero-order chi connectivity index (χ0) is 13.9. The van der Waals surface area contributed by atoms with Crippen molar-refractivity contribution in [1.82, 2.24) is 14.5 Å². The van der Waals surface area contributed by atoms with Gasteiger partial charge in [0.15, 0.2) is 5.82 Å². The van der Waals surface area contributed by atoms with Crippen LogP contribution in [0.1, 0.15) is 29.5 Å². The molecule has 1 aromatic carbocycles. The highest BCUT2D eigenvalue weighted by molar-refractivity contribution is 6.13. The zero-order valence-corrected chi connectivity index (χ0v) is 11.3. The third kappa shape index (κ3) is 2.09. The van der Waals surface area contributed by atoms with Gasteiger partial charge in [-0.25, -0.2) is 4.98 Å². The Morgan fingerprint density at radius 2 is 2.00 bits per heavy atom. The molecule has 0 saturated carbocycles. The fourth-order valence-corrected chi connectivity index (χ4v) is 2.35. The van der Waals surface area contributed by atoms with Crippen molar-refractivity contribution in [1.29, 1.82) is 0 Å². The maximum atomic E-state index is 12.7. The number of ketones is 1. The van der Waals surface area contributed by atoms with Crippen LogP contribution in [0.3, 0.4) is 0 Å². The number of aromatic nitrogens is 3. The van der Waals surface area contributed by atoms with Crippen LogP contribution in [0, 0.1) is 0 Å². The van der Waals surface area contributed by atoms with E-state index in [9.17, 15) is 4.79 Å². The lowest BCUT2D eigenvalue weighted by Crippen LogP contribution is -2.12. The number of para-hydroxylation sites is 1. The summed E-state index contributed by atoms with van der Waals surface area (Å²) in [6.07, 6.45) is 6.18. The molecule has 4 nitrogen and oxygen atoms in total. The van der Waals surface area contributed by atoms with Gasteiger partial charge >= 0.3 is 0 Å². The molecular formula is C16H15N3O. The largest absolute Gasteiger partial charge is 0.328 e. The number of carbonyl (C=O) groups excluding carboxylic acids is 1. The average Bonchev–Trinajstić information content (AvgIpc) is 2.94. The summed E-state index contributed by atoms with van der Waals surface area (Å²) in [6, 6.07) is 9.47. The normalized spacial score (nSPS) is 10.8. The molecule has 3 aromatic rings. The molecule has 0 amide bonds. The number of aryl methyl sites for hydroxylation is 1. The zero-order valence-electron chi connectivity index (χ0n) is 11.3. The molecule has 0 aliphatic carbocycles. The number of benzene rings is 1. The highest BCUT2D eigenvalue weighted by atomic mass is 16.1. The lowest BCUT2D eigenvalue weighted by molar-refractivity contribution is 0.102. The van der Waals surface area contributed by atoms with E-state index in [1.165, 1.54) is 0 Å². The molecular weight excluding hydrogens is 250 g/mol. The molecule has 2 aromatic heterocycles. The highest BCUT2D eigenvalue weighted by Crippen LogP contribution is 2.19. The van der Waals surface area contributed by atoms with Gasteiger partial charge in [0, 0.05) is 30.5 Å². The quantitative estimate of drug-likeness (QED) is 0.681. The maximum Gasteiger partial charge on any atom is 0.230 e. The van der Waals surface area contributed by atoms with Crippen LogP contribution in [0.5, 0.6) is 0 Å². The summed E-state index contributed by atoms with van der Waals surface area (Å²) >= 11 is 0. The van der Waals surface area contributed by atoms with Gasteiger partial charge in [-0.3, -0.25) is 9.78 Å². The molecule has 3 rings (SSSR count).